The number of carbonyl (C=O) groups excluding carboxylic acids is 1. The molecule has 0 aliphatic carbocycles. The van der Waals surface area contributed by atoms with Crippen molar-refractivity contribution < 1.29 is 14.3 Å². The van der Waals surface area contributed by atoms with Crippen LogP contribution in [-0.2, 0) is 28.9 Å². The number of anilines is 1. The Morgan fingerprint density at radius 1 is 1.06 bits per heavy atom. The number of fused-ring (bicyclic) bond motifs is 1. The van der Waals surface area contributed by atoms with Crippen molar-refractivity contribution in [2.45, 2.75) is 31.8 Å². The molecular formula is C25H30N6O3. The molecule has 2 fully saturated rings. The largest absolute Gasteiger partial charge is 0.457 e. The molecule has 2 unspecified atom stereocenters. The Bertz CT molecular complexity index is 1080. The zero-order valence-electron chi connectivity index (χ0n) is 19.4. The number of benzene rings is 2. The number of hydrogen-bond donors (Lipinski definition) is 1. The highest BCUT2D eigenvalue weighted by Gasteiger charge is 2.44. The molecule has 0 amide bonds. The zero-order valence-corrected chi connectivity index (χ0v) is 19.4. The monoisotopic (exact) mass is 462 g/mol. The van der Waals surface area contributed by atoms with Gasteiger partial charge in [-0.3, -0.25) is 4.90 Å². The van der Waals surface area contributed by atoms with Gasteiger partial charge < -0.3 is 14.4 Å². The van der Waals surface area contributed by atoms with Crippen molar-refractivity contribution in [3.63, 3.8) is 0 Å². The number of ether oxygens (including phenoxy) is 2. The van der Waals surface area contributed by atoms with Crippen LogP contribution in [0.15, 0.2) is 47.6 Å². The third-order valence-corrected chi connectivity index (χ3v) is 7.12. The maximum absolute atomic E-state index is 11.6. The molecule has 2 saturated heterocycles. The van der Waals surface area contributed by atoms with Crippen molar-refractivity contribution >= 4 is 18.0 Å². The number of cyclic esters (lactones) is 1. The van der Waals surface area contributed by atoms with Gasteiger partial charge in [0, 0.05) is 51.8 Å². The van der Waals surface area contributed by atoms with Crippen molar-refractivity contribution in [2.24, 2.45) is 5.10 Å². The van der Waals surface area contributed by atoms with Crippen LogP contribution < -0.4 is 10.5 Å². The summed E-state index contributed by atoms with van der Waals surface area (Å²) in [6.07, 6.45) is 4.23. The van der Waals surface area contributed by atoms with Crippen LogP contribution in [-0.4, -0.2) is 79.3 Å². The van der Waals surface area contributed by atoms with Crippen LogP contribution in [0.2, 0.25) is 0 Å². The lowest BCUT2D eigenvalue weighted by atomic mass is 10.0. The molecule has 2 atom stereocenters. The van der Waals surface area contributed by atoms with Crippen LogP contribution in [0.3, 0.4) is 0 Å². The first-order valence-electron chi connectivity index (χ1n) is 12.0. The lowest BCUT2D eigenvalue weighted by Gasteiger charge is -2.34. The molecule has 34 heavy (non-hydrogen) atoms. The van der Waals surface area contributed by atoms with E-state index >= 15 is 0 Å². The van der Waals surface area contributed by atoms with Crippen LogP contribution in [0.5, 0.6) is 0 Å². The molecule has 0 saturated carbocycles. The van der Waals surface area contributed by atoms with Crippen molar-refractivity contribution in [2.75, 3.05) is 44.8 Å². The molecule has 6 rings (SSSR count). The van der Waals surface area contributed by atoms with E-state index in [4.69, 9.17) is 9.47 Å². The highest BCUT2D eigenvalue weighted by atomic mass is 16.6. The minimum Gasteiger partial charge on any atom is -0.457 e. The molecule has 4 aliphatic rings. The van der Waals surface area contributed by atoms with Crippen LogP contribution in [0.25, 0.3) is 0 Å². The minimum atomic E-state index is -0.197. The summed E-state index contributed by atoms with van der Waals surface area (Å²) in [4.78, 5) is 16.6. The van der Waals surface area contributed by atoms with Gasteiger partial charge in [0.05, 0.1) is 11.3 Å². The number of esters is 1. The fourth-order valence-electron chi connectivity index (χ4n) is 5.02. The first-order chi connectivity index (χ1) is 16.6. The smallest absolute Gasteiger partial charge is 0.338 e. The summed E-state index contributed by atoms with van der Waals surface area (Å²) < 4.78 is 11.2. The number of nitrogens with one attached hydrogen (secondary N) is 1. The number of nitrogens with zero attached hydrogens (tertiary/aromatic N) is 5. The Balaban J connectivity index is 0.940. The molecule has 2 aromatic carbocycles. The van der Waals surface area contributed by atoms with Gasteiger partial charge in [-0.25, -0.2) is 15.3 Å². The topological polar surface area (TPSA) is 76.2 Å². The molecule has 9 heteroatoms. The standard InChI is InChI=1S/C25H30N6O3/c1-28-27-26-17-31(28)21-5-2-18(3-6-21)15-23-24(34-23)30-12-10-29(11-13-30)9-8-19-4-7-22-20(14-19)16-33-25(22)32/h2-7,14,17,23-24,27H,8-13,15-16H2,1H3. The Kier molecular flexibility index (Phi) is 5.70. The van der Waals surface area contributed by atoms with Gasteiger partial charge in [-0.1, -0.05) is 24.3 Å². The van der Waals surface area contributed by atoms with Gasteiger partial charge in [-0.2, -0.15) is 5.10 Å². The summed E-state index contributed by atoms with van der Waals surface area (Å²) in [7, 11) is 1.93. The van der Waals surface area contributed by atoms with Gasteiger partial charge in [0.25, 0.3) is 0 Å². The van der Waals surface area contributed by atoms with E-state index in [0.717, 1.165) is 62.4 Å². The maximum atomic E-state index is 11.6. The van der Waals surface area contributed by atoms with E-state index in [1.165, 1.54) is 11.1 Å². The fourth-order valence-corrected chi connectivity index (χ4v) is 5.02. The molecule has 0 bridgehead atoms. The Morgan fingerprint density at radius 2 is 1.85 bits per heavy atom. The van der Waals surface area contributed by atoms with Gasteiger partial charge in [-0.15, -0.1) is 5.12 Å². The average Bonchev–Trinajstić information content (AvgIpc) is 3.33. The lowest BCUT2D eigenvalue weighted by Crippen LogP contribution is -2.48. The van der Waals surface area contributed by atoms with Gasteiger partial charge in [0.2, 0.25) is 0 Å². The summed E-state index contributed by atoms with van der Waals surface area (Å²) >= 11 is 0. The molecular weight excluding hydrogens is 432 g/mol. The van der Waals surface area contributed by atoms with E-state index in [1.807, 2.05) is 23.2 Å². The maximum Gasteiger partial charge on any atom is 0.338 e. The first kappa shape index (κ1) is 21.5. The fraction of sp³-hybridized carbons (Fsp3) is 0.440. The lowest BCUT2D eigenvalue weighted by molar-refractivity contribution is 0.0535. The highest BCUT2D eigenvalue weighted by molar-refractivity contribution is 5.93. The second-order valence-electron chi connectivity index (χ2n) is 9.34. The molecule has 0 radical (unpaired) electrons. The quantitative estimate of drug-likeness (QED) is 0.491. The minimum absolute atomic E-state index is 0.197. The number of rotatable bonds is 7. The van der Waals surface area contributed by atoms with E-state index in [1.54, 1.807) is 6.34 Å². The molecule has 178 valence electrons. The molecule has 2 aromatic rings. The van der Waals surface area contributed by atoms with E-state index in [9.17, 15) is 4.79 Å². The number of epoxide rings is 1. The summed E-state index contributed by atoms with van der Waals surface area (Å²) in [5.74, 6) is -0.197. The molecule has 0 aromatic heterocycles. The molecule has 9 nitrogen and oxygen atoms in total. The predicted octanol–water partition coefficient (Wildman–Crippen LogP) is 1.60. The van der Waals surface area contributed by atoms with E-state index in [0.29, 0.717) is 6.61 Å². The van der Waals surface area contributed by atoms with Crippen LogP contribution in [0.4, 0.5) is 5.69 Å². The predicted molar refractivity (Wildman–Crippen MR) is 128 cm³/mol. The number of hydrazine groups is 2. The van der Waals surface area contributed by atoms with E-state index in [2.05, 4.69) is 56.8 Å². The Morgan fingerprint density at radius 3 is 2.62 bits per heavy atom. The van der Waals surface area contributed by atoms with E-state index in [-0.39, 0.29) is 18.3 Å². The normalized spacial score (nSPS) is 24.9. The van der Waals surface area contributed by atoms with Crippen molar-refractivity contribution in [1.29, 1.82) is 0 Å². The molecule has 1 N–H and O–H groups in total. The number of carbonyl (C=O) groups is 1. The Hall–Kier alpha value is -2.98. The number of piperazine rings is 1. The van der Waals surface area contributed by atoms with Crippen LogP contribution in [0.1, 0.15) is 27.0 Å². The van der Waals surface area contributed by atoms with E-state index < -0.39 is 0 Å². The van der Waals surface area contributed by atoms with Crippen molar-refractivity contribution in [3.05, 3.63) is 64.7 Å². The van der Waals surface area contributed by atoms with Crippen molar-refractivity contribution in [3.8, 4) is 0 Å². The SMILES string of the molecule is CN1NN=CN1c1ccc(CC2OC2N2CCN(CCc3ccc4c(c3)COC4=O)CC2)cc1. The number of hydrazone groups is 1. The third kappa shape index (κ3) is 4.39. The second-order valence-corrected chi connectivity index (χ2v) is 9.34. The third-order valence-electron chi connectivity index (χ3n) is 7.12. The van der Waals surface area contributed by atoms with Gasteiger partial charge in [0.1, 0.15) is 25.3 Å². The van der Waals surface area contributed by atoms with Crippen molar-refractivity contribution in [1.82, 2.24) is 20.5 Å². The first-order valence-corrected chi connectivity index (χ1v) is 12.0. The number of hydrogen-bond acceptors (Lipinski definition) is 9. The van der Waals surface area contributed by atoms with Gasteiger partial charge >= 0.3 is 5.97 Å². The zero-order chi connectivity index (χ0) is 23.1. The summed E-state index contributed by atoms with van der Waals surface area (Å²) in [5.41, 5.74) is 8.27. The summed E-state index contributed by atoms with van der Waals surface area (Å²) in [6.45, 7) is 5.66. The second kappa shape index (κ2) is 8.99. The summed E-state index contributed by atoms with van der Waals surface area (Å²) in [5, 5.41) is 7.83. The molecule has 4 aliphatic heterocycles. The van der Waals surface area contributed by atoms with Gasteiger partial charge in [0.15, 0.2) is 0 Å². The van der Waals surface area contributed by atoms with Gasteiger partial charge in [-0.05, 0) is 35.7 Å². The van der Waals surface area contributed by atoms with Crippen LogP contribution >= 0.6 is 0 Å². The molecule has 0 spiro atoms. The molecule has 4 heterocycles. The Labute approximate surface area is 199 Å². The average molecular weight is 463 g/mol. The highest BCUT2D eigenvalue weighted by Crippen LogP contribution is 2.31. The van der Waals surface area contributed by atoms with Crippen LogP contribution in [0, 0.1) is 0 Å². The summed E-state index contributed by atoms with van der Waals surface area (Å²) in [6, 6.07) is 14.7.